The molecule has 1 heterocycles. The normalized spacial score (nSPS) is 13.6. The fourth-order valence-corrected chi connectivity index (χ4v) is 3.04. The van der Waals surface area contributed by atoms with E-state index in [1.165, 1.54) is 25.5 Å². The zero-order valence-corrected chi connectivity index (χ0v) is 13.2. The molecule has 0 saturated carbocycles. The summed E-state index contributed by atoms with van der Waals surface area (Å²) in [6, 6.07) is 11.0. The highest BCUT2D eigenvalue weighted by atomic mass is 16.5. The molecule has 3 aromatic rings. The summed E-state index contributed by atoms with van der Waals surface area (Å²) in [6.45, 7) is 0. The van der Waals surface area contributed by atoms with Gasteiger partial charge < -0.3 is 9.15 Å². The number of allylic oxidation sites excluding steroid dienone is 2. The van der Waals surface area contributed by atoms with Crippen LogP contribution in [0.25, 0.3) is 16.5 Å². The maximum Gasteiger partial charge on any atom is 0.194 e. The van der Waals surface area contributed by atoms with Crippen LogP contribution in [-0.2, 0) is 0 Å². The van der Waals surface area contributed by atoms with Crippen LogP contribution in [-0.4, -0.2) is 18.7 Å². The van der Waals surface area contributed by atoms with Gasteiger partial charge in [0, 0.05) is 34.4 Å². The van der Waals surface area contributed by atoms with Crippen LogP contribution in [0.3, 0.4) is 0 Å². The van der Waals surface area contributed by atoms with Crippen molar-refractivity contribution in [3.05, 3.63) is 81.7 Å². The molecule has 0 bridgehead atoms. The van der Waals surface area contributed by atoms with E-state index in [0.717, 1.165) is 0 Å². The fraction of sp³-hybridized carbons (Fsp3) is 0.0500. The summed E-state index contributed by atoms with van der Waals surface area (Å²) in [5.74, 6) is -0.161. The van der Waals surface area contributed by atoms with E-state index >= 15 is 0 Å². The van der Waals surface area contributed by atoms with Crippen molar-refractivity contribution in [2.75, 3.05) is 7.11 Å². The van der Waals surface area contributed by atoms with Gasteiger partial charge in [0.25, 0.3) is 0 Å². The van der Waals surface area contributed by atoms with Crippen LogP contribution in [0.2, 0.25) is 0 Å². The zero-order valence-electron chi connectivity index (χ0n) is 13.2. The summed E-state index contributed by atoms with van der Waals surface area (Å²) >= 11 is 0. The molecule has 1 aliphatic rings. The molecule has 2 aromatic carbocycles. The van der Waals surface area contributed by atoms with Crippen LogP contribution in [0.15, 0.2) is 64.0 Å². The van der Waals surface area contributed by atoms with Crippen LogP contribution < -0.4 is 10.2 Å². The van der Waals surface area contributed by atoms with Gasteiger partial charge >= 0.3 is 0 Å². The van der Waals surface area contributed by atoms with Gasteiger partial charge in [0.1, 0.15) is 11.3 Å². The van der Waals surface area contributed by atoms with Crippen molar-refractivity contribution in [3.8, 4) is 5.75 Å². The Morgan fingerprint density at radius 1 is 0.920 bits per heavy atom. The number of rotatable bonds is 2. The van der Waals surface area contributed by atoms with Crippen LogP contribution >= 0.6 is 0 Å². The lowest BCUT2D eigenvalue weighted by atomic mass is 9.85. The smallest absolute Gasteiger partial charge is 0.194 e. The molecular weight excluding hydrogens is 320 g/mol. The minimum atomic E-state index is -0.312. The second kappa shape index (κ2) is 5.56. The summed E-state index contributed by atoms with van der Waals surface area (Å²) in [5, 5.41) is 0.245. The van der Waals surface area contributed by atoms with Crippen molar-refractivity contribution in [3.63, 3.8) is 0 Å². The number of hydrogen-bond acceptors (Lipinski definition) is 5. The predicted octanol–water partition coefficient (Wildman–Crippen LogP) is 3.26. The molecule has 4 rings (SSSR count). The SMILES string of the molecule is COc1cc(C2=CC(=O)c3ccccc3C2=O)c2c(=O)ccoc2c1. The number of fused-ring (bicyclic) bond motifs is 2. The Bertz CT molecular complexity index is 1130. The predicted molar refractivity (Wildman–Crippen MR) is 92.1 cm³/mol. The highest BCUT2D eigenvalue weighted by molar-refractivity contribution is 6.39. The number of ether oxygens (including phenoxy) is 1. The van der Waals surface area contributed by atoms with Crippen molar-refractivity contribution >= 4 is 28.1 Å². The molecule has 25 heavy (non-hydrogen) atoms. The summed E-state index contributed by atoms with van der Waals surface area (Å²) < 4.78 is 10.6. The Labute approximate surface area is 142 Å². The van der Waals surface area contributed by atoms with E-state index in [4.69, 9.17) is 9.15 Å². The number of benzene rings is 2. The third-order valence-electron chi connectivity index (χ3n) is 4.22. The lowest BCUT2D eigenvalue weighted by Gasteiger charge is -2.16. The van der Waals surface area contributed by atoms with Gasteiger partial charge in [0.2, 0.25) is 0 Å². The number of Topliss-reactive ketones (excluding diaryl/α,β-unsaturated/α-hetero) is 1. The number of carbonyl (C=O) groups is 2. The van der Waals surface area contributed by atoms with E-state index in [9.17, 15) is 14.4 Å². The van der Waals surface area contributed by atoms with Crippen LogP contribution in [0, 0.1) is 0 Å². The Kier molecular flexibility index (Phi) is 3.35. The Balaban J connectivity index is 2.04. The van der Waals surface area contributed by atoms with Crippen LogP contribution in [0.5, 0.6) is 5.75 Å². The van der Waals surface area contributed by atoms with Crippen molar-refractivity contribution in [2.45, 2.75) is 0 Å². The second-order valence-electron chi connectivity index (χ2n) is 5.63. The van der Waals surface area contributed by atoms with Gasteiger partial charge in [-0.1, -0.05) is 24.3 Å². The zero-order chi connectivity index (χ0) is 17.6. The molecule has 0 atom stereocenters. The van der Waals surface area contributed by atoms with E-state index in [2.05, 4.69) is 0 Å². The van der Waals surface area contributed by atoms with E-state index in [1.807, 2.05) is 0 Å². The summed E-state index contributed by atoms with van der Waals surface area (Å²) in [6.07, 6.45) is 2.55. The average molecular weight is 332 g/mol. The van der Waals surface area contributed by atoms with E-state index < -0.39 is 0 Å². The molecule has 0 unspecified atom stereocenters. The van der Waals surface area contributed by atoms with Gasteiger partial charge in [-0.2, -0.15) is 0 Å². The highest BCUT2D eigenvalue weighted by Gasteiger charge is 2.28. The standard InChI is InChI=1S/C20H12O5/c1-24-11-8-14(19-16(21)6-7-25-18(19)9-11)15-10-17(22)12-4-2-3-5-13(12)20(15)23/h2-10H,1H3. The molecule has 0 spiro atoms. The van der Waals surface area contributed by atoms with Gasteiger partial charge in [-0.15, -0.1) is 0 Å². The summed E-state index contributed by atoms with van der Waals surface area (Å²) in [7, 11) is 1.48. The first-order chi connectivity index (χ1) is 12.1. The monoisotopic (exact) mass is 332 g/mol. The summed E-state index contributed by atoms with van der Waals surface area (Å²) in [4.78, 5) is 37.7. The average Bonchev–Trinajstić information content (AvgIpc) is 2.64. The second-order valence-corrected chi connectivity index (χ2v) is 5.63. The van der Waals surface area contributed by atoms with Crippen molar-refractivity contribution < 1.29 is 18.7 Å². The molecule has 122 valence electrons. The Morgan fingerprint density at radius 3 is 2.44 bits per heavy atom. The third kappa shape index (κ3) is 2.29. The molecule has 0 saturated heterocycles. The lowest BCUT2D eigenvalue weighted by Crippen LogP contribution is -2.17. The van der Waals surface area contributed by atoms with Crippen molar-refractivity contribution in [1.29, 1.82) is 0 Å². The highest BCUT2D eigenvalue weighted by Crippen LogP contribution is 2.33. The molecule has 1 aromatic heterocycles. The number of hydrogen-bond donors (Lipinski definition) is 0. The van der Waals surface area contributed by atoms with Gasteiger partial charge in [-0.3, -0.25) is 14.4 Å². The van der Waals surface area contributed by atoms with E-state index in [1.54, 1.807) is 36.4 Å². The van der Waals surface area contributed by atoms with Gasteiger partial charge in [-0.25, -0.2) is 0 Å². The third-order valence-corrected chi connectivity index (χ3v) is 4.22. The molecule has 0 fully saturated rings. The van der Waals surface area contributed by atoms with Crippen molar-refractivity contribution in [2.24, 2.45) is 0 Å². The molecule has 0 N–H and O–H groups in total. The van der Waals surface area contributed by atoms with Crippen molar-refractivity contribution in [1.82, 2.24) is 0 Å². The quantitative estimate of drug-likeness (QED) is 0.720. The minimum Gasteiger partial charge on any atom is -0.497 e. The molecule has 5 nitrogen and oxygen atoms in total. The van der Waals surface area contributed by atoms with Crippen LogP contribution in [0.1, 0.15) is 26.3 Å². The first-order valence-corrected chi connectivity index (χ1v) is 7.60. The first kappa shape index (κ1) is 15.1. The molecule has 0 aliphatic heterocycles. The molecule has 0 amide bonds. The first-order valence-electron chi connectivity index (χ1n) is 7.60. The number of methoxy groups -OCH3 is 1. The largest absolute Gasteiger partial charge is 0.497 e. The summed E-state index contributed by atoms with van der Waals surface area (Å²) in [5.41, 5.74) is 1.17. The lowest BCUT2D eigenvalue weighted by molar-refractivity contribution is 0.100. The maximum absolute atomic E-state index is 12.9. The minimum absolute atomic E-state index is 0.158. The van der Waals surface area contributed by atoms with E-state index in [0.29, 0.717) is 28.0 Å². The number of carbonyl (C=O) groups excluding carboxylic acids is 2. The van der Waals surface area contributed by atoms with Gasteiger partial charge in [0.15, 0.2) is 17.0 Å². The van der Waals surface area contributed by atoms with E-state index in [-0.39, 0.29) is 28.0 Å². The molecular formula is C20H12O5. The Hall–Kier alpha value is -3.47. The molecule has 1 aliphatic carbocycles. The van der Waals surface area contributed by atoms with Gasteiger partial charge in [-0.05, 0) is 12.1 Å². The van der Waals surface area contributed by atoms with Crippen LogP contribution in [0.4, 0.5) is 0 Å². The van der Waals surface area contributed by atoms with Gasteiger partial charge in [0.05, 0.1) is 18.8 Å². The fourth-order valence-electron chi connectivity index (χ4n) is 3.04. The maximum atomic E-state index is 12.9. The number of ketones is 2. The molecule has 5 heteroatoms. The molecule has 0 radical (unpaired) electrons. The Morgan fingerprint density at radius 2 is 1.68 bits per heavy atom. The topological polar surface area (TPSA) is 73.6 Å².